The molecular formula is C12H11F8NO2. The van der Waals surface area contributed by atoms with Crippen molar-refractivity contribution in [2.24, 2.45) is 5.73 Å². The Bertz CT molecular complexity index is 484. The summed E-state index contributed by atoms with van der Waals surface area (Å²) in [5.41, 5.74) is 5.19. The first-order chi connectivity index (χ1) is 10.5. The molecule has 0 aliphatic rings. The van der Waals surface area contributed by atoms with Crippen LogP contribution in [0.5, 0.6) is 11.5 Å². The molecule has 0 aliphatic heterocycles. The molecule has 0 radical (unpaired) electrons. The van der Waals surface area contributed by atoms with Crippen molar-refractivity contribution in [3.63, 3.8) is 0 Å². The van der Waals surface area contributed by atoms with Gasteiger partial charge in [-0.1, -0.05) is 0 Å². The average molecular weight is 353 g/mol. The van der Waals surface area contributed by atoms with E-state index in [4.69, 9.17) is 5.73 Å². The van der Waals surface area contributed by atoms with E-state index in [1.165, 1.54) is 0 Å². The number of halogens is 8. The minimum atomic E-state index is -4.90. The van der Waals surface area contributed by atoms with E-state index in [0.29, 0.717) is 6.07 Å². The average Bonchev–Trinajstić information content (AvgIpc) is 2.37. The second-order valence-electron chi connectivity index (χ2n) is 4.28. The quantitative estimate of drug-likeness (QED) is 0.726. The molecule has 11 heteroatoms. The van der Waals surface area contributed by atoms with E-state index in [-0.39, 0.29) is 18.5 Å². The molecule has 0 fully saturated rings. The molecule has 0 aliphatic carbocycles. The molecule has 0 saturated carbocycles. The van der Waals surface area contributed by atoms with E-state index in [1.54, 1.807) is 0 Å². The summed E-state index contributed by atoms with van der Waals surface area (Å²) in [4.78, 5) is 0. The lowest BCUT2D eigenvalue weighted by atomic mass is 10.1. The molecule has 0 spiro atoms. The molecule has 0 saturated heterocycles. The fourth-order valence-corrected chi connectivity index (χ4v) is 1.46. The predicted octanol–water partition coefficient (Wildman–Crippen LogP) is 3.66. The fourth-order valence-electron chi connectivity index (χ4n) is 1.46. The van der Waals surface area contributed by atoms with Crippen LogP contribution in [0.25, 0.3) is 0 Å². The highest BCUT2D eigenvalue weighted by atomic mass is 19.3. The first-order valence-corrected chi connectivity index (χ1v) is 6.02. The van der Waals surface area contributed by atoms with E-state index in [0.717, 1.165) is 12.1 Å². The van der Waals surface area contributed by atoms with E-state index in [2.05, 4.69) is 9.47 Å². The van der Waals surface area contributed by atoms with Gasteiger partial charge in [0.25, 0.3) is 0 Å². The van der Waals surface area contributed by atoms with Gasteiger partial charge < -0.3 is 15.2 Å². The Kier molecular flexibility index (Phi) is 6.03. The van der Waals surface area contributed by atoms with Crippen LogP contribution < -0.4 is 15.2 Å². The van der Waals surface area contributed by atoms with E-state index in [9.17, 15) is 35.1 Å². The van der Waals surface area contributed by atoms with Gasteiger partial charge in [0.05, 0.1) is 0 Å². The van der Waals surface area contributed by atoms with Gasteiger partial charge in [-0.05, 0) is 30.7 Å². The highest BCUT2D eigenvalue weighted by molar-refractivity contribution is 5.39. The minimum absolute atomic E-state index is 0.00451. The van der Waals surface area contributed by atoms with E-state index >= 15 is 0 Å². The molecule has 0 amide bonds. The first-order valence-electron chi connectivity index (χ1n) is 6.02. The molecule has 1 aromatic carbocycles. The molecule has 132 valence electrons. The third-order valence-electron chi connectivity index (χ3n) is 2.39. The van der Waals surface area contributed by atoms with Crippen molar-refractivity contribution in [1.29, 1.82) is 0 Å². The van der Waals surface area contributed by atoms with Gasteiger partial charge in [0.15, 0.2) is 0 Å². The van der Waals surface area contributed by atoms with Crippen molar-refractivity contribution in [2.75, 3.05) is 6.54 Å². The van der Waals surface area contributed by atoms with Crippen molar-refractivity contribution < 1.29 is 44.6 Å². The van der Waals surface area contributed by atoms with Gasteiger partial charge in [-0.3, -0.25) is 0 Å². The molecule has 0 unspecified atom stereocenters. The molecule has 23 heavy (non-hydrogen) atoms. The lowest BCUT2D eigenvalue weighted by molar-refractivity contribution is -0.255. The van der Waals surface area contributed by atoms with Crippen LogP contribution >= 0.6 is 0 Å². The number of rotatable bonds is 8. The number of alkyl halides is 8. The van der Waals surface area contributed by atoms with Crippen molar-refractivity contribution >= 4 is 0 Å². The summed E-state index contributed by atoms with van der Waals surface area (Å²) in [5, 5.41) is 0. The molecule has 0 bridgehead atoms. The van der Waals surface area contributed by atoms with E-state index < -0.39 is 36.6 Å². The summed E-state index contributed by atoms with van der Waals surface area (Å²) in [6, 6.07) is 2.03. The Hall–Kier alpha value is -1.78. The molecule has 3 nitrogen and oxygen atoms in total. The molecule has 1 rings (SSSR count). The Labute approximate surface area is 125 Å². The molecule has 1 aromatic rings. The topological polar surface area (TPSA) is 44.5 Å². The maximum Gasteiger partial charge on any atom is 0.461 e. The zero-order chi connectivity index (χ0) is 17.8. The first kappa shape index (κ1) is 19.3. The van der Waals surface area contributed by atoms with Gasteiger partial charge in [0.2, 0.25) is 0 Å². The summed E-state index contributed by atoms with van der Waals surface area (Å²) in [5.74, 6) is -1.91. The number of benzene rings is 1. The molecule has 2 N–H and O–H groups in total. The van der Waals surface area contributed by atoms with Crippen LogP contribution in [0.15, 0.2) is 18.2 Å². The molecular weight excluding hydrogens is 342 g/mol. The zero-order valence-electron chi connectivity index (χ0n) is 11.2. The summed E-state index contributed by atoms with van der Waals surface area (Å²) < 4.78 is 107. The summed E-state index contributed by atoms with van der Waals surface area (Å²) in [7, 11) is 0. The van der Waals surface area contributed by atoms with Crippen LogP contribution in [0.3, 0.4) is 0 Å². The largest absolute Gasteiger partial charge is 0.461 e. The van der Waals surface area contributed by atoms with Crippen LogP contribution in [-0.4, -0.2) is 31.6 Å². The standard InChI is InChI=1S/C12H11F8NO2/c13-9(14)11(17,18)22-7-3-6(1-2-21)4-8(5-7)23-12(19,20)10(15)16/h3-5,9-10H,1-2,21H2. The number of hydrogen-bond donors (Lipinski definition) is 1. The zero-order valence-corrected chi connectivity index (χ0v) is 11.2. The van der Waals surface area contributed by atoms with Crippen molar-refractivity contribution in [1.82, 2.24) is 0 Å². The molecule has 0 atom stereocenters. The van der Waals surface area contributed by atoms with Gasteiger partial charge in [0.1, 0.15) is 11.5 Å². The predicted molar refractivity (Wildman–Crippen MR) is 62.4 cm³/mol. The fraction of sp³-hybridized carbons (Fsp3) is 0.500. The van der Waals surface area contributed by atoms with Crippen molar-refractivity contribution in [3.8, 4) is 11.5 Å². The van der Waals surface area contributed by atoms with Gasteiger partial charge in [-0.25, -0.2) is 0 Å². The van der Waals surface area contributed by atoms with Crippen LogP contribution in [0, 0.1) is 0 Å². The van der Waals surface area contributed by atoms with Crippen LogP contribution in [-0.2, 0) is 6.42 Å². The van der Waals surface area contributed by atoms with Crippen molar-refractivity contribution in [3.05, 3.63) is 23.8 Å². The highest BCUT2D eigenvalue weighted by Crippen LogP contribution is 2.34. The SMILES string of the molecule is NCCc1cc(OC(F)(F)C(F)F)cc(OC(F)(F)C(F)F)c1. The van der Waals surface area contributed by atoms with Crippen LogP contribution in [0.2, 0.25) is 0 Å². The van der Waals surface area contributed by atoms with E-state index in [1.807, 2.05) is 0 Å². The number of nitrogens with two attached hydrogens (primary N) is 1. The lowest BCUT2D eigenvalue weighted by Gasteiger charge is -2.20. The van der Waals surface area contributed by atoms with Crippen LogP contribution in [0.1, 0.15) is 5.56 Å². The Morgan fingerprint density at radius 2 is 1.22 bits per heavy atom. The number of ether oxygens (including phenoxy) is 2. The smallest absolute Gasteiger partial charge is 0.428 e. The lowest BCUT2D eigenvalue weighted by Crippen LogP contribution is -2.34. The molecule has 0 heterocycles. The normalized spacial score (nSPS) is 12.8. The van der Waals surface area contributed by atoms with Gasteiger partial charge in [0, 0.05) is 6.07 Å². The highest BCUT2D eigenvalue weighted by Gasteiger charge is 2.45. The second kappa shape index (κ2) is 7.20. The van der Waals surface area contributed by atoms with Gasteiger partial charge in [-0.15, -0.1) is 0 Å². The summed E-state index contributed by atoms with van der Waals surface area (Å²) in [6.07, 6.45) is -18.2. The van der Waals surface area contributed by atoms with Gasteiger partial charge >= 0.3 is 25.1 Å². The minimum Gasteiger partial charge on any atom is -0.428 e. The third kappa shape index (κ3) is 5.41. The third-order valence-corrected chi connectivity index (χ3v) is 2.39. The van der Waals surface area contributed by atoms with Gasteiger partial charge in [-0.2, -0.15) is 35.1 Å². The second-order valence-corrected chi connectivity index (χ2v) is 4.28. The summed E-state index contributed by atoms with van der Waals surface area (Å²) in [6.45, 7) is -0.0562. The maximum atomic E-state index is 12.8. The van der Waals surface area contributed by atoms with Crippen LogP contribution in [0.4, 0.5) is 35.1 Å². The Balaban J connectivity index is 3.12. The summed E-state index contributed by atoms with van der Waals surface area (Å²) >= 11 is 0. The Morgan fingerprint density at radius 1 is 0.826 bits per heavy atom. The maximum absolute atomic E-state index is 12.8. The Morgan fingerprint density at radius 3 is 1.52 bits per heavy atom. The number of hydrogen-bond acceptors (Lipinski definition) is 3. The monoisotopic (exact) mass is 353 g/mol. The molecule has 0 aromatic heterocycles. The van der Waals surface area contributed by atoms with Crippen molar-refractivity contribution in [2.45, 2.75) is 31.5 Å².